The smallest absolute Gasteiger partial charge is 0.255 e. The summed E-state index contributed by atoms with van der Waals surface area (Å²) in [6.07, 6.45) is 6.58. The second kappa shape index (κ2) is 8.79. The van der Waals surface area contributed by atoms with Crippen molar-refractivity contribution in [2.24, 2.45) is 0 Å². The first kappa shape index (κ1) is 18.4. The fraction of sp³-hybridized carbons (Fsp3) is 0.429. The quantitative estimate of drug-likeness (QED) is 0.841. The van der Waals surface area contributed by atoms with E-state index < -0.39 is 0 Å². The third kappa shape index (κ3) is 4.40. The van der Waals surface area contributed by atoms with Crippen molar-refractivity contribution in [1.82, 2.24) is 9.88 Å². The van der Waals surface area contributed by atoms with Gasteiger partial charge in [0.25, 0.3) is 5.91 Å². The van der Waals surface area contributed by atoms with Gasteiger partial charge in [-0.2, -0.15) is 0 Å². The number of amides is 1. The lowest BCUT2D eigenvalue weighted by Crippen LogP contribution is -2.43. The molecule has 4 nitrogen and oxygen atoms in total. The number of aromatic nitrogens is 1. The van der Waals surface area contributed by atoms with E-state index in [4.69, 9.17) is 0 Å². The minimum absolute atomic E-state index is 0.0713. The molecule has 1 fully saturated rings. The van der Waals surface area contributed by atoms with Gasteiger partial charge in [0, 0.05) is 25.3 Å². The standard InChI is InChI=1S/C21H26FN3O/c1-2-18-8-5-6-14-25(18)21(26)17-10-11-20(24-15-17)23-13-12-16-7-3-4-9-19(16)22/h3-4,7,9-11,15,18H,2,5-6,8,12-14H2,1H3,(H,23,24). The summed E-state index contributed by atoms with van der Waals surface area (Å²) in [6, 6.07) is 10.8. The zero-order valence-electron chi connectivity index (χ0n) is 15.2. The van der Waals surface area contributed by atoms with Crippen LogP contribution in [-0.4, -0.2) is 34.9 Å². The van der Waals surface area contributed by atoms with E-state index in [1.165, 1.54) is 12.5 Å². The molecular weight excluding hydrogens is 329 g/mol. The van der Waals surface area contributed by atoms with Crippen molar-refractivity contribution >= 4 is 11.7 Å². The zero-order chi connectivity index (χ0) is 18.4. The predicted molar refractivity (Wildman–Crippen MR) is 102 cm³/mol. The Balaban J connectivity index is 1.56. The fourth-order valence-electron chi connectivity index (χ4n) is 3.51. The zero-order valence-corrected chi connectivity index (χ0v) is 15.2. The van der Waals surface area contributed by atoms with Crippen LogP contribution in [0.4, 0.5) is 10.2 Å². The van der Waals surface area contributed by atoms with E-state index >= 15 is 0 Å². The largest absolute Gasteiger partial charge is 0.370 e. The second-order valence-electron chi connectivity index (χ2n) is 6.76. The highest BCUT2D eigenvalue weighted by atomic mass is 19.1. The van der Waals surface area contributed by atoms with E-state index in [0.717, 1.165) is 25.8 Å². The Labute approximate surface area is 154 Å². The van der Waals surface area contributed by atoms with Crippen LogP contribution in [0.2, 0.25) is 0 Å². The van der Waals surface area contributed by atoms with Gasteiger partial charge in [0.05, 0.1) is 5.56 Å². The lowest BCUT2D eigenvalue weighted by molar-refractivity contribution is 0.0607. The maximum atomic E-state index is 13.6. The van der Waals surface area contributed by atoms with E-state index in [0.29, 0.717) is 36.0 Å². The van der Waals surface area contributed by atoms with Gasteiger partial charge in [0.2, 0.25) is 0 Å². The number of nitrogens with one attached hydrogen (secondary N) is 1. The van der Waals surface area contributed by atoms with Gasteiger partial charge in [0.1, 0.15) is 11.6 Å². The minimum atomic E-state index is -0.185. The molecule has 26 heavy (non-hydrogen) atoms. The molecule has 1 unspecified atom stereocenters. The number of carbonyl (C=O) groups excluding carboxylic acids is 1. The molecule has 1 atom stereocenters. The summed E-state index contributed by atoms with van der Waals surface area (Å²) in [6.45, 7) is 3.56. The van der Waals surface area contributed by atoms with Crippen molar-refractivity contribution in [2.75, 3.05) is 18.4 Å². The van der Waals surface area contributed by atoms with Crippen LogP contribution in [0, 0.1) is 5.82 Å². The Morgan fingerprint density at radius 1 is 1.27 bits per heavy atom. The number of nitrogens with zero attached hydrogens (tertiary/aromatic N) is 2. The Kier molecular flexibility index (Phi) is 6.21. The third-order valence-electron chi connectivity index (χ3n) is 5.03. The number of pyridine rings is 1. The molecule has 3 rings (SSSR count). The molecule has 0 saturated carbocycles. The topological polar surface area (TPSA) is 45.2 Å². The van der Waals surface area contributed by atoms with Crippen LogP contribution < -0.4 is 5.32 Å². The molecule has 138 valence electrons. The van der Waals surface area contributed by atoms with Crippen LogP contribution in [0.1, 0.15) is 48.5 Å². The summed E-state index contributed by atoms with van der Waals surface area (Å²) >= 11 is 0. The highest BCUT2D eigenvalue weighted by Gasteiger charge is 2.26. The monoisotopic (exact) mass is 355 g/mol. The summed E-state index contributed by atoms with van der Waals surface area (Å²) in [5.74, 6) is 0.584. The SMILES string of the molecule is CCC1CCCCN1C(=O)c1ccc(NCCc2ccccc2F)nc1. The van der Waals surface area contributed by atoms with Gasteiger partial charge in [-0.3, -0.25) is 4.79 Å². The van der Waals surface area contributed by atoms with E-state index in [1.54, 1.807) is 18.3 Å². The third-order valence-corrected chi connectivity index (χ3v) is 5.03. The Bertz CT molecular complexity index is 732. The van der Waals surface area contributed by atoms with Crippen LogP contribution in [0.3, 0.4) is 0 Å². The number of rotatable bonds is 6. The Hall–Kier alpha value is -2.43. The van der Waals surface area contributed by atoms with Crippen LogP contribution in [0.15, 0.2) is 42.6 Å². The molecule has 1 aliphatic heterocycles. The lowest BCUT2D eigenvalue weighted by atomic mass is 9.99. The average molecular weight is 355 g/mol. The summed E-state index contributed by atoms with van der Waals surface area (Å²) < 4.78 is 13.6. The van der Waals surface area contributed by atoms with E-state index in [9.17, 15) is 9.18 Å². The number of piperidine rings is 1. The lowest BCUT2D eigenvalue weighted by Gasteiger charge is -2.35. The van der Waals surface area contributed by atoms with Gasteiger partial charge in [-0.15, -0.1) is 0 Å². The molecule has 1 amide bonds. The van der Waals surface area contributed by atoms with Gasteiger partial charge >= 0.3 is 0 Å². The first-order valence-corrected chi connectivity index (χ1v) is 9.43. The summed E-state index contributed by atoms with van der Waals surface area (Å²) in [5, 5.41) is 3.18. The average Bonchev–Trinajstić information content (AvgIpc) is 2.69. The van der Waals surface area contributed by atoms with Gasteiger partial charge < -0.3 is 10.2 Å². The van der Waals surface area contributed by atoms with Gasteiger partial charge in [0.15, 0.2) is 0 Å². The first-order chi connectivity index (χ1) is 12.7. The number of hydrogen-bond acceptors (Lipinski definition) is 3. The normalized spacial score (nSPS) is 17.2. The van der Waals surface area contributed by atoms with Crippen molar-refractivity contribution in [3.8, 4) is 0 Å². The molecule has 1 aromatic carbocycles. The van der Waals surface area contributed by atoms with Crippen LogP contribution >= 0.6 is 0 Å². The van der Waals surface area contributed by atoms with Crippen molar-refractivity contribution in [3.05, 3.63) is 59.5 Å². The molecule has 0 bridgehead atoms. The fourth-order valence-corrected chi connectivity index (χ4v) is 3.51. The number of benzene rings is 1. The van der Waals surface area contributed by atoms with Crippen molar-refractivity contribution in [2.45, 2.75) is 45.1 Å². The molecule has 0 aliphatic carbocycles. The van der Waals surface area contributed by atoms with Crippen molar-refractivity contribution in [1.29, 1.82) is 0 Å². The highest BCUT2D eigenvalue weighted by molar-refractivity contribution is 5.94. The van der Waals surface area contributed by atoms with Gasteiger partial charge in [-0.05, 0) is 55.9 Å². The molecule has 2 heterocycles. The van der Waals surface area contributed by atoms with Crippen LogP contribution in [0.5, 0.6) is 0 Å². The molecule has 1 N–H and O–H groups in total. The Morgan fingerprint density at radius 3 is 2.85 bits per heavy atom. The summed E-state index contributed by atoms with van der Waals surface area (Å²) in [4.78, 5) is 19.1. The second-order valence-corrected chi connectivity index (χ2v) is 6.76. The summed E-state index contributed by atoms with van der Waals surface area (Å²) in [7, 11) is 0. The number of hydrogen-bond donors (Lipinski definition) is 1. The van der Waals surface area contributed by atoms with E-state index in [2.05, 4.69) is 17.2 Å². The summed E-state index contributed by atoms with van der Waals surface area (Å²) in [5.41, 5.74) is 1.31. The molecule has 1 aliphatic rings. The number of halogens is 1. The molecule has 1 saturated heterocycles. The van der Waals surface area contributed by atoms with Crippen LogP contribution in [-0.2, 0) is 6.42 Å². The number of anilines is 1. The molecule has 5 heteroatoms. The van der Waals surface area contributed by atoms with E-state index in [1.807, 2.05) is 23.1 Å². The predicted octanol–water partition coefficient (Wildman–Crippen LogP) is 4.28. The molecule has 0 radical (unpaired) electrons. The highest BCUT2D eigenvalue weighted by Crippen LogP contribution is 2.22. The Morgan fingerprint density at radius 2 is 2.12 bits per heavy atom. The maximum Gasteiger partial charge on any atom is 0.255 e. The maximum absolute atomic E-state index is 13.6. The van der Waals surface area contributed by atoms with Crippen molar-refractivity contribution < 1.29 is 9.18 Å². The number of carbonyl (C=O) groups is 1. The van der Waals surface area contributed by atoms with Crippen molar-refractivity contribution in [3.63, 3.8) is 0 Å². The molecule has 1 aromatic heterocycles. The minimum Gasteiger partial charge on any atom is -0.370 e. The van der Waals surface area contributed by atoms with Gasteiger partial charge in [-0.1, -0.05) is 25.1 Å². The molecular formula is C21H26FN3O. The number of likely N-dealkylation sites (tertiary alicyclic amines) is 1. The first-order valence-electron chi connectivity index (χ1n) is 9.43. The van der Waals surface area contributed by atoms with Crippen LogP contribution in [0.25, 0.3) is 0 Å². The molecule has 0 spiro atoms. The van der Waals surface area contributed by atoms with E-state index in [-0.39, 0.29) is 11.7 Å². The van der Waals surface area contributed by atoms with Gasteiger partial charge in [-0.25, -0.2) is 9.37 Å². The molecule has 2 aromatic rings.